The van der Waals surface area contributed by atoms with Crippen molar-refractivity contribution in [3.63, 3.8) is 0 Å². The molecule has 0 bridgehead atoms. The second kappa shape index (κ2) is 6.51. The van der Waals surface area contributed by atoms with Crippen LogP contribution >= 0.6 is 0 Å². The summed E-state index contributed by atoms with van der Waals surface area (Å²) in [6.07, 6.45) is 5.51. The highest BCUT2D eigenvalue weighted by Crippen LogP contribution is 2.12. The minimum absolute atomic E-state index is 0.149. The summed E-state index contributed by atoms with van der Waals surface area (Å²) in [5.41, 5.74) is 4.07. The molecule has 1 aliphatic rings. The molecule has 1 N–H and O–H groups in total. The topological polar surface area (TPSA) is 28.2 Å². The second-order valence-electron chi connectivity index (χ2n) is 6.80. The van der Waals surface area contributed by atoms with E-state index in [1.807, 2.05) is 6.20 Å². The van der Waals surface area contributed by atoms with Crippen molar-refractivity contribution in [2.24, 2.45) is 0 Å². The summed E-state index contributed by atoms with van der Waals surface area (Å²) in [5.74, 6) is 0. The standard InChI is InChI=1S/C17H27N3/c1-14-7-9-20(10-8-14)13-16-6-5-15(11-18-16)12-19-17(2,3)4/h5-7,11,19H,8-10,12-13H2,1-4H3. The maximum Gasteiger partial charge on any atom is 0.0544 e. The molecule has 3 nitrogen and oxygen atoms in total. The molecule has 3 heteroatoms. The molecule has 1 aromatic rings. The molecule has 1 aliphatic heterocycles. The molecule has 0 spiro atoms. The fourth-order valence-electron chi connectivity index (χ4n) is 2.21. The average Bonchev–Trinajstić information content (AvgIpc) is 2.40. The van der Waals surface area contributed by atoms with Crippen LogP contribution in [0.2, 0.25) is 0 Å². The quantitative estimate of drug-likeness (QED) is 0.854. The van der Waals surface area contributed by atoms with Crippen molar-refractivity contribution >= 4 is 0 Å². The number of aromatic nitrogens is 1. The fourth-order valence-corrected chi connectivity index (χ4v) is 2.21. The van der Waals surface area contributed by atoms with Gasteiger partial charge in [0.05, 0.1) is 5.69 Å². The van der Waals surface area contributed by atoms with Gasteiger partial charge in [-0.1, -0.05) is 17.7 Å². The van der Waals surface area contributed by atoms with Crippen molar-refractivity contribution in [3.8, 4) is 0 Å². The van der Waals surface area contributed by atoms with Gasteiger partial charge in [0.15, 0.2) is 0 Å². The maximum absolute atomic E-state index is 4.59. The highest BCUT2D eigenvalue weighted by molar-refractivity contribution is 5.15. The molecular formula is C17H27N3. The van der Waals surface area contributed by atoms with E-state index in [9.17, 15) is 0 Å². The van der Waals surface area contributed by atoms with Crippen molar-refractivity contribution in [1.29, 1.82) is 0 Å². The normalized spacial score (nSPS) is 17.1. The highest BCUT2D eigenvalue weighted by Gasteiger charge is 2.11. The van der Waals surface area contributed by atoms with Crippen LogP contribution in [0.3, 0.4) is 0 Å². The summed E-state index contributed by atoms with van der Waals surface area (Å²) in [6.45, 7) is 12.8. The van der Waals surface area contributed by atoms with Crippen molar-refractivity contribution < 1.29 is 0 Å². The molecule has 0 radical (unpaired) electrons. The van der Waals surface area contributed by atoms with Gasteiger partial charge >= 0.3 is 0 Å². The predicted octanol–water partition coefficient (Wildman–Crippen LogP) is 3.12. The predicted molar refractivity (Wildman–Crippen MR) is 84.5 cm³/mol. The SMILES string of the molecule is CC1=CCN(Cc2ccc(CNC(C)(C)C)cn2)CC1. The van der Waals surface area contributed by atoms with Gasteiger partial charge in [-0.2, -0.15) is 0 Å². The molecule has 0 aromatic carbocycles. The molecule has 0 fully saturated rings. The molecule has 0 saturated heterocycles. The zero-order valence-electron chi connectivity index (χ0n) is 13.2. The summed E-state index contributed by atoms with van der Waals surface area (Å²) in [4.78, 5) is 7.04. The lowest BCUT2D eigenvalue weighted by Crippen LogP contribution is -2.35. The van der Waals surface area contributed by atoms with Gasteiger partial charge in [0.2, 0.25) is 0 Å². The minimum Gasteiger partial charge on any atom is -0.308 e. The number of nitrogens with one attached hydrogen (secondary N) is 1. The van der Waals surface area contributed by atoms with Crippen molar-refractivity contribution in [2.45, 2.75) is 52.7 Å². The van der Waals surface area contributed by atoms with E-state index in [0.29, 0.717) is 0 Å². The van der Waals surface area contributed by atoms with E-state index < -0.39 is 0 Å². The van der Waals surface area contributed by atoms with Gasteiger partial charge in [0.1, 0.15) is 0 Å². The van der Waals surface area contributed by atoms with Gasteiger partial charge in [-0.05, 0) is 45.7 Å². The molecule has 2 heterocycles. The Morgan fingerprint density at radius 3 is 2.65 bits per heavy atom. The van der Waals surface area contributed by atoms with E-state index in [2.05, 4.69) is 61.1 Å². The maximum atomic E-state index is 4.59. The van der Waals surface area contributed by atoms with Crippen LogP contribution in [0, 0.1) is 0 Å². The fraction of sp³-hybridized carbons (Fsp3) is 0.588. The average molecular weight is 273 g/mol. The molecule has 0 aliphatic carbocycles. The number of pyridine rings is 1. The highest BCUT2D eigenvalue weighted by atomic mass is 15.1. The lowest BCUT2D eigenvalue weighted by atomic mass is 10.1. The van der Waals surface area contributed by atoms with Crippen LogP contribution in [0.1, 0.15) is 45.4 Å². The van der Waals surface area contributed by atoms with Gasteiger partial charge in [0, 0.05) is 37.9 Å². The van der Waals surface area contributed by atoms with Crippen LogP contribution in [0.4, 0.5) is 0 Å². The monoisotopic (exact) mass is 273 g/mol. The number of hydrogen-bond donors (Lipinski definition) is 1. The van der Waals surface area contributed by atoms with Crippen LogP contribution in [-0.2, 0) is 13.1 Å². The van der Waals surface area contributed by atoms with Crippen LogP contribution in [0.25, 0.3) is 0 Å². The van der Waals surface area contributed by atoms with Crippen molar-refractivity contribution in [1.82, 2.24) is 15.2 Å². The van der Waals surface area contributed by atoms with Gasteiger partial charge in [-0.15, -0.1) is 0 Å². The molecular weight excluding hydrogens is 246 g/mol. The summed E-state index contributed by atoms with van der Waals surface area (Å²) in [7, 11) is 0. The third-order valence-corrected chi connectivity index (χ3v) is 3.61. The van der Waals surface area contributed by atoms with Crippen molar-refractivity contribution in [3.05, 3.63) is 41.2 Å². The Morgan fingerprint density at radius 2 is 2.10 bits per heavy atom. The molecule has 0 unspecified atom stereocenters. The van der Waals surface area contributed by atoms with Crippen LogP contribution in [-0.4, -0.2) is 28.5 Å². The summed E-state index contributed by atoms with van der Waals surface area (Å²) in [5, 5.41) is 3.49. The Hall–Kier alpha value is -1.19. The first-order valence-corrected chi connectivity index (χ1v) is 7.49. The minimum atomic E-state index is 0.149. The number of rotatable bonds is 4. The Bertz CT molecular complexity index is 454. The van der Waals surface area contributed by atoms with E-state index in [1.54, 1.807) is 0 Å². The first-order valence-electron chi connectivity index (χ1n) is 7.49. The Labute approximate surface area is 123 Å². The van der Waals surface area contributed by atoms with Crippen LogP contribution in [0.5, 0.6) is 0 Å². The largest absolute Gasteiger partial charge is 0.308 e. The van der Waals surface area contributed by atoms with E-state index in [4.69, 9.17) is 0 Å². The van der Waals surface area contributed by atoms with Gasteiger partial charge in [0.25, 0.3) is 0 Å². The van der Waals surface area contributed by atoms with Crippen LogP contribution < -0.4 is 5.32 Å². The number of nitrogens with zero attached hydrogens (tertiary/aromatic N) is 2. The second-order valence-corrected chi connectivity index (χ2v) is 6.80. The molecule has 0 atom stereocenters. The van der Waals surface area contributed by atoms with Gasteiger partial charge in [-0.25, -0.2) is 0 Å². The Morgan fingerprint density at radius 1 is 1.30 bits per heavy atom. The van der Waals surface area contributed by atoms with E-state index >= 15 is 0 Å². The molecule has 0 amide bonds. The lowest BCUT2D eigenvalue weighted by Gasteiger charge is -2.25. The zero-order valence-corrected chi connectivity index (χ0v) is 13.2. The van der Waals surface area contributed by atoms with E-state index in [1.165, 1.54) is 17.6 Å². The van der Waals surface area contributed by atoms with E-state index in [0.717, 1.165) is 31.9 Å². The third-order valence-electron chi connectivity index (χ3n) is 3.61. The summed E-state index contributed by atoms with van der Waals surface area (Å²) in [6, 6.07) is 4.34. The first kappa shape index (κ1) is 15.2. The molecule has 110 valence electrons. The van der Waals surface area contributed by atoms with Crippen LogP contribution in [0.15, 0.2) is 30.0 Å². The van der Waals surface area contributed by atoms with Crippen molar-refractivity contribution in [2.75, 3.05) is 13.1 Å². The van der Waals surface area contributed by atoms with E-state index in [-0.39, 0.29) is 5.54 Å². The summed E-state index contributed by atoms with van der Waals surface area (Å²) >= 11 is 0. The molecule has 1 aromatic heterocycles. The number of hydrogen-bond acceptors (Lipinski definition) is 3. The molecule has 0 saturated carbocycles. The van der Waals surface area contributed by atoms with Gasteiger partial charge < -0.3 is 5.32 Å². The van der Waals surface area contributed by atoms with Gasteiger partial charge in [-0.3, -0.25) is 9.88 Å². The third kappa shape index (κ3) is 5.06. The summed E-state index contributed by atoms with van der Waals surface area (Å²) < 4.78 is 0. The molecule has 2 rings (SSSR count). The Kier molecular flexibility index (Phi) is 4.95. The smallest absolute Gasteiger partial charge is 0.0544 e. The Balaban J connectivity index is 1.85. The zero-order chi connectivity index (χ0) is 14.6. The lowest BCUT2D eigenvalue weighted by molar-refractivity contribution is 0.282. The first-order chi connectivity index (χ1) is 9.42. The molecule has 20 heavy (non-hydrogen) atoms.